The van der Waals surface area contributed by atoms with Gasteiger partial charge in [0.2, 0.25) is 0 Å². The second-order valence-electron chi connectivity index (χ2n) is 9.11. The Labute approximate surface area is 234 Å². The van der Waals surface area contributed by atoms with E-state index >= 15 is 0 Å². The molecule has 0 aliphatic rings. The first-order valence-electron chi connectivity index (χ1n) is 12.4. The molecule has 198 valence electrons. The van der Waals surface area contributed by atoms with Gasteiger partial charge in [-0.15, -0.1) is 5.10 Å². The zero-order valence-electron chi connectivity index (χ0n) is 21.3. The molecule has 0 saturated heterocycles. The van der Waals surface area contributed by atoms with Crippen molar-refractivity contribution >= 4 is 29.0 Å². The number of halogens is 2. The molecular weight excluding hydrogens is 537 g/mol. The molecule has 3 heterocycles. The van der Waals surface area contributed by atoms with Crippen molar-refractivity contribution in [1.82, 2.24) is 34.3 Å². The van der Waals surface area contributed by atoms with Crippen molar-refractivity contribution in [3.63, 3.8) is 0 Å². The van der Waals surface area contributed by atoms with Gasteiger partial charge in [0.25, 0.3) is 5.56 Å². The van der Waals surface area contributed by atoms with E-state index in [-0.39, 0.29) is 22.9 Å². The highest BCUT2D eigenvalue weighted by atomic mass is 35.5. The van der Waals surface area contributed by atoms with Crippen LogP contribution in [0.5, 0.6) is 0 Å². The van der Waals surface area contributed by atoms with E-state index in [1.54, 1.807) is 24.4 Å². The van der Waals surface area contributed by atoms with Crippen molar-refractivity contribution in [3.8, 4) is 16.9 Å². The number of benzene rings is 2. The van der Waals surface area contributed by atoms with Crippen molar-refractivity contribution < 1.29 is 4.79 Å². The highest BCUT2D eigenvalue weighted by Crippen LogP contribution is 2.28. The zero-order valence-corrected chi connectivity index (χ0v) is 22.8. The number of ketones is 1. The summed E-state index contributed by atoms with van der Waals surface area (Å²) in [6.45, 7) is 4.52. The van der Waals surface area contributed by atoms with Crippen LogP contribution >= 0.6 is 23.2 Å². The number of Topliss-reactive ketones (excluding diaryl/α,β-unsaturated/α-hetero) is 1. The molecule has 0 fully saturated rings. The van der Waals surface area contributed by atoms with E-state index in [0.29, 0.717) is 34.9 Å². The lowest BCUT2D eigenvalue weighted by Crippen LogP contribution is -2.32. The second kappa shape index (κ2) is 11.3. The topological polar surface area (TPSA) is 100 Å². The minimum atomic E-state index is -0.755. The van der Waals surface area contributed by atoms with Gasteiger partial charge in [-0.05, 0) is 43.7 Å². The molecule has 0 aliphatic carbocycles. The average Bonchev–Trinajstić information content (AvgIpc) is 3.52. The van der Waals surface area contributed by atoms with E-state index in [9.17, 15) is 9.59 Å². The number of carbonyl (C=O) groups is 1. The smallest absolute Gasteiger partial charge is 0.254 e. The molecule has 2 aromatic carbocycles. The van der Waals surface area contributed by atoms with Crippen LogP contribution in [0.1, 0.15) is 29.9 Å². The fourth-order valence-electron chi connectivity index (χ4n) is 4.58. The lowest BCUT2D eigenvalue weighted by Gasteiger charge is -2.19. The minimum Gasteiger partial charge on any atom is -0.297 e. The van der Waals surface area contributed by atoms with Crippen molar-refractivity contribution in [2.45, 2.75) is 39.3 Å². The molecule has 39 heavy (non-hydrogen) atoms. The predicted octanol–water partition coefficient (Wildman–Crippen LogP) is 4.92. The van der Waals surface area contributed by atoms with Gasteiger partial charge in [-0.25, -0.2) is 9.67 Å². The van der Waals surface area contributed by atoms with Gasteiger partial charge in [-0.2, -0.15) is 5.10 Å². The molecule has 0 saturated carbocycles. The lowest BCUT2D eigenvalue weighted by molar-refractivity contribution is -0.121. The third kappa shape index (κ3) is 5.84. The number of hydrogen-bond acceptors (Lipinski definition) is 6. The number of aromatic nitrogens is 7. The van der Waals surface area contributed by atoms with Gasteiger partial charge in [0.15, 0.2) is 10.9 Å². The maximum absolute atomic E-state index is 13.7. The zero-order chi connectivity index (χ0) is 27.5. The molecule has 0 unspecified atom stereocenters. The Morgan fingerprint density at radius 3 is 2.54 bits per heavy atom. The molecule has 0 bridgehead atoms. The SMILES string of the molecule is CCn1nc(C)cc1CC(=O)[C@H](Cc1ccccc1)n1cnc(-c2cc(Cl)ccc2-n2cc(Cl)nn2)cc1=O. The summed E-state index contributed by atoms with van der Waals surface area (Å²) >= 11 is 12.3. The van der Waals surface area contributed by atoms with Crippen molar-refractivity contribution in [2.24, 2.45) is 0 Å². The van der Waals surface area contributed by atoms with Crippen molar-refractivity contribution in [3.05, 3.63) is 111 Å². The summed E-state index contributed by atoms with van der Waals surface area (Å²) in [5, 5.41) is 13.0. The van der Waals surface area contributed by atoms with Crippen LogP contribution in [-0.2, 0) is 24.2 Å². The monoisotopic (exact) mass is 561 g/mol. The molecule has 5 aromatic rings. The number of nitrogens with zero attached hydrogens (tertiary/aromatic N) is 7. The van der Waals surface area contributed by atoms with Crippen LogP contribution in [0, 0.1) is 6.92 Å². The predicted molar refractivity (Wildman–Crippen MR) is 149 cm³/mol. The normalized spacial score (nSPS) is 12.0. The summed E-state index contributed by atoms with van der Waals surface area (Å²) in [6.07, 6.45) is 3.46. The highest BCUT2D eigenvalue weighted by molar-refractivity contribution is 6.31. The molecule has 0 aliphatic heterocycles. The number of hydrogen-bond donors (Lipinski definition) is 0. The summed E-state index contributed by atoms with van der Waals surface area (Å²) in [4.78, 5) is 31.8. The molecule has 0 radical (unpaired) electrons. The van der Waals surface area contributed by atoms with Gasteiger partial charge < -0.3 is 0 Å². The Kier molecular flexibility index (Phi) is 7.72. The van der Waals surface area contributed by atoms with Gasteiger partial charge in [0.05, 0.1) is 36.0 Å². The standard InChI is InChI=1S/C28H25Cl2N7O2/c1-3-36-21(11-18(2)33-36)14-26(38)25(12-19-7-5-4-6-8-19)35-17-31-23(15-28(35)39)22-13-20(29)9-10-24(22)37-16-27(30)32-34-37/h4-11,13,15-17,25H,3,12,14H2,1-2H3/t25-/m0/s1. The fourth-order valence-corrected chi connectivity index (χ4v) is 4.88. The van der Waals surface area contributed by atoms with Crippen LogP contribution in [-0.4, -0.2) is 40.1 Å². The van der Waals surface area contributed by atoms with E-state index in [2.05, 4.69) is 20.4 Å². The number of rotatable bonds is 9. The Balaban J connectivity index is 1.54. The van der Waals surface area contributed by atoms with Crippen LogP contribution in [0.3, 0.4) is 0 Å². The highest BCUT2D eigenvalue weighted by Gasteiger charge is 2.24. The van der Waals surface area contributed by atoms with E-state index in [1.807, 2.05) is 54.9 Å². The maximum Gasteiger partial charge on any atom is 0.254 e. The molecule has 11 heteroatoms. The van der Waals surface area contributed by atoms with E-state index in [0.717, 1.165) is 17.0 Å². The molecular formula is C28H25Cl2N7O2. The molecule has 3 aromatic heterocycles. The molecule has 0 spiro atoms. The summed E-state index contributed by atoms with van der Waals surface area (Å²) in [5.74, 6) is -0.106. The maximum atomic E-state index is 13.7. The molecule has 0 N–H and O–H groups in total. The first-order chi connectivity index (χ1) is 18.8. The van der Waals surface area contributed by atoms with Crippen molar-refractivity contribution in [2.75, 3.05) is 0 Å². The summed E-state index contributed by atoms with van der Waals surface area (Å²) in [7, 11) is 0. The first kappa shape index (κ1) is 26.5. The van der Waals surface area contributed by atoms with Crippen LogP contribution in [0.15, 0.2) is 78.0 Å². The Bertz CT molecular complexity index is 1690. The summed E-state index contributed by atoms with van der Waals surface area (Å²) in [5.41, 5.74) is 3.78. The average molecular weight is 562 g/mol. The van der Waals surface area contributed by atoms with E-state index in [1.165, 1.54) is 21.6 Å². The third-order valence-electron chi connectivity index (χ3n) is 6.40. The quantitative estimate of drug-likeness (QED) is 0.253. The Morgan fingerprint density at radius 2 is 1.85 bits per heavy atom. The third-order valence-corrected chi connectivity index (χ3v) is 6.81. The second-order valence-corrected chi connectivity index (χ2v) is 9.93. The van der Waals surface area contributed by atoms with E-state index in [4.69, 9.17) is 23.2 Å². The Morgan fingerprint density at radius 1 is 1.05 bits per heavy atom. The van der Waals surface area contributed by atoms with Gasteiger partial charge in [-0.3, -0.25) is 18.8 Å². The van der Waals surface area contributed by atoms with Crippen LogP contribution in [0.4, 0.5) is 0 Å². The first-order valence-corrected chi connectivity index (χ1v) is 13.1. The van der Waals surface area contributed by atoms with E-state index < -0.39 is 6.04 Å². The van der Waals surface area contributed by atoms with Gasteiger partial charge in [-0.1, -0.05) is 58.7 Å². The van der Waals surface area contributed by atoms with Crippen LogP contribution < -0.4 is 5.56 Å². The molecule has 1 atom stereocenters. The number of aryl methyl sites for hydroxylation is 2. The van der Waals surface area contributed by atoms with Crippen LogP contribution in [0.25, 0.3) is 16.9 Å². The summed E-state index contributed by atoms with van der Waals surface area (Å²) in [6, 6.07) is 17.3. The van der Waals surface area contributed by atoms with Crippen LogP contribution in [0.2, 0.25) is 10.2 Å². The van der Waals surface area contributed by atoms with Crippen molar-refractivity contribution in [1.29, 1.82) is 0 Å². The fraction of sp³-hybridized carbons (Fsp3) is 0.214. The molecule has 9 nitrogen and oxygen atoms in total. The summed E-state index contributed by atoms with van der Waals surface area (Å²) < 4.78 is 4.70. The molecule has 5 rings (SSSR count). The molecule has 0 amide bonds. The van der Waals surface area contributed by atoms with Gasteiger partial charge >= 0.3 is 0 Å². The number of carbonyl (C=O) groups excluding carboxylic acids is 1. The van der Waals surface area contributed by atoms with Gasteiger partial charge in [0.1, 0.15) is 6.04 Å². The van der Waals surface area contributed by atoms with Gasteiger partial charge in [0, 0.05) is 35.3 Å². The lowest BCUT2D eigenvalue weighted by atomic mass is 9.99. The largest absolute Gasteiger partial charge is 0.297 e. The Hall–Kier alpha value is -4.08. The minimum absolute atomic E-state index is 0.106.